The highest BCUT2D eigenvalue weighted by molar-refractivity contribution is 6.17. The van der Waals surface area contributed by atoms with E-state index in [-0.39, 0.29) is 17.5 Å². The summed E-state index contributed by atoms with van der Waals surface area (Å²) in [7, 11) is 0. The van der Waals surface area contributed by atoms with Gasteiger partial charge in [-0.15, -0.1) is 0 Å². The average molecular weight is 377 g/mol. The van der Waals surface area contributed by atoms with Crippen LogP contribution in [0.3, 0.4) is 0 Å². The van der Waals surface area contributed by atoms with Crippen molar-refractivity contribution in [3.05, 3.63) is 59.7 Å². The highest BCUT2D eigenvalue weighted by Crippen LogP contribution is 2.34. The second-order valence-corrected chi connectivity index (χ2v) is 7.27. The molecule has 2 aliphatic rings. The van der Waals surface area contributed by atoms with Gasteiger partial charge >= 0.3 is 0 Å². The molecule has 28 heavy (non-hydrogen) atoms. The molecule has 0 spiro atoms. The van der Waals surface area contributed by atoms with E-state index in [1.54, 1.807) is 17.9 Å². The van der Waals surface area contributed by atoms with Gasteiger partial charge in [0.25, 0.3) is 0 Å². The van der Waals surface area contributed by atoms with Crippen LogP contribution in [0.5, 0.6) is 0 Å². The van der Waals surface area contributed by atoms with E-state index >= 15 is 0 Å². The lowest BCUT2D eigenvalue weighted by molar-refractivity contribution is -0.117. The molecule has 1 amide bonds. The summed E-state index contributed by atoms with van der Waals surface area (Å²) in [6, 6.07) is 14.9. The number of anilines is 2. The number of benzene rings is 2. The van der Waals surface area contributed by atoms with E-state index in [0.29, 0.717) is 29.9 Å². The fraction of sp³-hybridized carbons (Fsp3) is 0.318. The van der Waals surface area contributed by atoms with Gasteiger partial charge in [-0.05, 0) is 43.3 Å². The number of para-hydroxylation sites is 1. The number of Topliss-reactive ketones (excluding diaryl/α,β-unsaturated/α-hetero) is 2. The normalized spacial score (nSPS) is 19.6. The van der Waals surface area contributed by atoms with E-state index in [1.807, 2.05) is 42.5 Å². The number of ketones is 2. The van der Waals surface area contributed by atoms with Crippen molar-refractivity contribution in [1.29, 1.82) is 0 Å². The molecule has 6 heteroatoms. The maximum Gasteiger partial charge on any atom is 0.225 e. The highest BCUT2D eigenvalue weighted by atomic mass is 16.2. The minimum absolute atomic E-state index is 0.00920. The van der Waals surface area contributed by atoms with Crippen molar-refractivity contribution in [1.82, 2.24) is 4.90 Å². The summed E-state index contributed by atoms with van der Waals surface area (Å²) >= 11 is 0. The van der Waals surface area contributed by atoms with Gasteiger partial charge in [-0.2, -0.15) is 0 Å². The average Bonchev–Trinajstić information content (AvgIpc) is 3.01. The third-order valence-electron chi connectivity index (χ3n) is 5.55. The smallest absolute Gasteiger partial charge is 0.225 e. The molecule has 4 rings (SSSR count). The van der Waals surface area contributed by atoms with Crippen LogP contribution in [0.25, 0.3) is 0 Å². The van der Waals surface area contributed by atoms with Crippen molar-refractivity contribution in [2.45, 2.75) is 20.0 Å². The summed E-state index contributed by atoms with van der Waals surface area (Å²) in [5, 5.41) is 0. The molecule has 6 nitrogen and oxygen atoms in total. The minimum atomic E-state index is -0.558. The Labute approximate surface area is 164 Å². The molecule has 0 bridgehead atoms. The van der Waals surface area contributed by atoms with E-state index in [2.05, 4.69) is 9.80 Å². The van der Waals surface area contributed by atoms with Crippen molar-refractivity contribution < 1.29 is 14.4 Å². The quantitative estimate of drug-likeness (QED) is 0.770. The monoisotopic (exact) mass is 377 g/mol. The number of rotatable bonds is 3. The third-order valence-corrected chi connectivity index (χ3v) is 5.55. The van der Waals surface area contributed by atoms with Crippen molar-refractivity contribution in [3.8, 4) is 0 Å². The number of carbonyl (C=O) groups excluding carboxylic acids is 3. The molecule has 1 saturated heterocycles. The lowest BCUT2D eigenvalue weighted by Gasteiger charge is -2.40. The topological polar surface area (TPSA) is 60.9 Å². The predicted octanol–water partition coefficient (Wildman–Crippen LogP) is 2.59. The first-order chi connectivity index (χ1) is 13.5. The Bertz CT molecular complexity index is 930. The van der Waals surface area contributed by atoms with Crippen molar-refractivity contribution >= 4 is 28.8 Å². The number of carbonyl (C=O) groups is 3. The Balaban J connectivity index is 1.50. The molecule has 0 saturated carbocycles. The summed E-state index contributed by atoms with van der Waals surface area (Å²) < 4.78 is 0. The largest absolute Gasteiger partial charge is 0.369 e. The molecule has 0 radical (unpaired) electrons. The molecule has 1 fully saturated rings. The van der Waals surface area contributed by atoms with E-state index in [1.165, 1.54) is 6.92 Å². The Morgan fingerprint density at radius 3 is 2.14 bits per heavy atom. The summed E-state index contributed by atoms with van der Waals surface area (Å²) in [6.07, 6.45) is -0.558. The van der Waals surface area contributed by atoms with Crippen molar-refractivity contribution in [2.24, 2.45) is 0 Å². The summed E-state index contributed by atoms with van der Waals surface area (Å²) in [6.45, 7) is 5.95. The van der Waals surface area contributed by atoms with Crippen molar-refractivity contribution in [2.75, 3.05) is 36.0 Å². The fourth-order valence-electron chi connectivity index (χ4n) is 4.08. The maximum absolute atomic E-state index is 13.0. The van der Waals surface area contributed by atoms with Crippen LogP contribution in [0.4, 0.5) is 11.4 Å². The molecule has 0 aliphatic carbocycles. The Hall–Kier alpha value is -2.99. The highest BCUT2D eigenvalue weighted by Gasteiger charge is 2.43. The Morgan fingerprint density at radius 1 is 0.893 bits per heavy atom. The molecule has 0 N–H and O–H groups in total. The molecular weight excluding hydrogens is 354 g/mol. The Kier molecular flexibility index (Phi) is 4.73. The molecule has 2 heterocycles. The first kappa shape index (κ1) is 18.4. The van der Waals surface area contributed by atoms with Gasteiger partial charge in [-0.25, -0.2) is 0 Å². The van der Waals surface area contributed by atoms with E-state index in [9.17, 15) is 14.4 Å². The van der Waals surface area contributed by atoms with E-state index < -0.39 is 6.17 Å². The van der Waals surface area contributed by atoms with E-state index in [0.717, 1.165) is 18.8 Å². The molecule has 1 atom stereocenters. The fourth-order valence-corrected chi connectivity index (χ4v) is 4.08. The standard InChI is InChI=1S/C22H23N3O3/c1-15(26)17-7-9-18(10-8-17)23-11-13-24(14-12-23)22-21(28)19-5-3-4-6-20(19)25(22)16(2)27/h3-10,22H,11-14H2,1-2H3. The van der Waals surface area contributed by atoms with Crippen LogP contribution in [-0.2, 0) is 4.79 Å². The number of hydrogen-bond acceptors (Lipinski definition) is 5. The molecule has 1 unspecified atom stereocenters. The molecule has 144 valence electrons. The number of amides is 1. The van der Waals surface area contributed by atoms with Crippen molar-refractivity contribution in [3.63, 3.8) is 0 Å². The second-order valence-electron chi connectivity index (χ2n) is 7.27. The zero-order valence-corrected chi connectivity index (χ0v) is 16.1. The SMILES string of the molecule is CC(=O)c1ccc(N2CCN(C3C(=O)c4ccccc4N3C(C)=O)CC2)cc1. The molecule has 2 aromatic carbocycles. The third kappa shape index (κ3) is 3.10. The number of piperazine rings is 1. The number of nitrogens with zero attached hydrogens (tertiary/aromatic N) is 3. The molecular formula is C22H23N3O3. The molecule has 2 aromatic rings. The van der Waals surface area contributed by atoms with Crippen LogP contribution in [-0.4, -0.2) is 54.7 Å². The summed E-state index contributed by atoms with van der Waals surface area (Å²) in [4.78, 5) is 42.7. The first-order valence-corrected chi connectivity index (χ1v) is 9.50. The minimum Gasteiger partial charge on any atom is -0.369 e. The first-order valence-electron chi connectivity index (χ1n) is 9.50. The predicted molar refractivity (Wildman–Crippen MR) is 108 cm³/mol. The zero-order chi connectivity index (χ0) is 19.8. The maximum atomic E-state index is 13.0. The lowest BCUT2D eigenvalue weighted by atomic mass is 10.1. The molecule has 0 aromatic heterocycles. The van der Waals surface area contributed by atoms with Gasteiger partial charge in [-0.1, -0.05) is 12.1 Å². The van der Waals surface area contributed by atoms with Crippen LogP contribution >= 0.6 is 0 Å². The van der Waals surface area contributed by atoms with Gasteiger partial charge in [-0.3, -0.25) is 24.2 Å². The van der Waals surface area contributed by atoms with Gasteiger partial charge < -0.3 is 4.90 Å². The van der Waals surface area contributed by atoms with Crippen LogP contribution in [0, 0.1) is 0 Å². The van der Waals surface area contributed by atoms with Crippen LogP contribution in [0.2, 0.25) is 0 Å². The van der Waals surface area contributed by atoms with Crippen LogP contribution < -0.4 is 9.80 Å². The zero-order valence-electron chi connectivity index (χ0n) is 16.1. The van der Waals surface area contributed by atoms with Crippen LogP contribution in [0.15, 0.2) is 48.5 Å². The number of hydrogen-bond donors (Lipinski definition) is 0. The van der Waals surface area contributed by atoms with Gasteiger partial charge in [0.05, 0.1) is 5.69 Å². The molecule has 2 aliphatic heterocycles. The Morgan fingerprint density at radius 2 is 1.54 bits per heavy atom. The van der Waals surface area contributed by atoms with Gasteiger partial charge in [0, 0.05) is 49.9 Å². The number of fused-ring (bicyclic) bond motifs is 1. The summed E-state index contributed by atoms with van der Waals surface area (Å²) in [5.74, 6) is -0.0735. The van der Waals surface area contributed by atoms with E-state index in [4.69, 9.17) is 0 Å². The van der Waals surface area contributed by atoms with Gasteiger partial charge in [0.2, 0.25) is 11.7 Å². The summed E-state index contributed by atoms with van der Waals surface area (Å²) in [5.41, 5.74) is 3.08. The van der Waals surface area contributed by atoms with Gasteiger partial charge in [0.1, 0.15) is 0 Å². The van der Waals surface area contributed by atoms with Crippen LogP contribution in [0.1, 0.15) is 34.6 Å². The van der Waals surface area contributed by atoms with Gasteiger partial charge in [0.15, 0.2) is 11.9 Å². The lowest BCUT2D eigenvalue weighted by Crippen LogP contribution is -2.58. The second kappa shape index (κ2) is 7.20.